The van der Waals surface area contributed by atoms with E-state index in [1.807, 2.05) is 18.2 Å². The van der Waals surface area contributed by atoms with Crippen molar-refractivity contribution >= 4 is 34.7 Å². The highest BCUT2D eigenvalue weighted by Crippen LogP contribution is 2.26. The molecule has 3 atom stereocenters. The minimum Gasteiger partial charge on any atom is -0.458 e. The molecule has 0 saturated carbocycles. The maximum absolute atomic E-state index is 13.2. The molecule has 1 unspecified atom stereocenters. The van der Waals surface area contributed by atoms with E-state index in [2.05, 4.69) is 4.72 Å². The lowest BCUT2D eigenvalue weighted by Crippen LogP contribution is -2.46. The van der Waals surface area contributed by atoms with Gasteiger partial charge in [-0.05, 0) is 64.8 Å². The quantitative estimate of drug-likeness (QED) is 0.473. The molecule has 0 heterocycles. The Morgan fingerprint density at radius 1 is 0.971 bits per heavy atom. The molecule has 0 aliphatic heterocycles. The van der Waals surface area contributed by atoms with Crippen LogP contribution in [0.5, 0.6) is 0 Å². The molecule has 34 heavy (non-hydrogen) atoms. The van der Waals surface area contributed by atoms with Crippen LogP contribution in [0, 0.1) is 0 Å². The Morgan fingerprint density at radius 2 is 1.56 bits per heavy atom. The van der Waals surface area contributed by atoms with Crippen LogP contribution >= 0.6 is 11.6 Å². The summed E-state index contributed by atoms with van der Waals surface area (Å²) in [6.45, 7) is 10.4. The summed E-state index contributed by atoms with van der Waals surface area (Å²) < 4.78 is 31.5. The molecule has 0 fully saturated rings. The standard InChI is InChI=1S/C25H32ClNO6S/c1-24(2,3)33-23(29)32-21(22(28)31-16-17-10-8-7-9-11-17)20(27-34(30)25(4,5)6)18-12-14-19(26)15-13-18/h7-15,20-21,27H,16H2,1-6H3/t20-,21+,34?/m0/s1. The predicted octanol–water partition coefficient (Wildman–Crippen LogP) is 5.50. The van der Waals surface area contributed by atoms with Crippen molar-refractivity contribution in [2.45, 2.75) is 70.6 Å². The fraction of sp³-hybridized carbons (Fsp3) is 0.440. The zero-order chi connectivity index (χ0) is 25.5. The molecular weight excluding hydrogens is 478 g/mol. The van der Waals surface area contributed by atoms with Crippen LogP contribution < -0.4 is 4.72 Å². The summed E-state index contributed by atoms with van der Waals surface area (Å²) in [6, 6.07) is 14.7. The third-order valence-electron chi connectivity index (χ3n) is 4.39. The second-order valence-electron chi connectivity index (χ2n) is 9.62. The van der Waals surface area contributed by atoms with Crippen molar-refractivity contribution in [1.29, 1.82) is 0 Å². The predicted molar refractivity (Wildman–Crippen MR) is 133 cm³/mol. The number of halogens is 1. The van der Waals surface area contributed by atoms with E-state index in [9.17, 15) is 13.8 Å². The molecule has 0 bridgehead atoms. The number of hydrogen-bond acceptors (Lipinski definition) is 6. The van der Waals surface area contributed by atoms with Gasteiger partial charge in [-0.15, -0.1) is 0 Å². The SMILES string of the molecule is CC(C)(C)OC(=O)O[C@@H](C(=O)OCc1ccccc1)[C@@H](NS(=O)C(C)(C)C)c1ccc(Cl)cc1. The second-order valence-corrected chi connectivity index (χ2v) is 12.1. The Morgan fingerprint density at radius 3 is 2.09 bits per heavy atom. The van der Waals surface area contributed by atoms with Crippen LogP contribution in [-0.2, 0) is 36.6 Å². The van der Waals surface area contributed by atoms with Gasteiger partial charge in [-0.3, -0.25) is 0 Å². The van der Waals surface area contributed by atoms with Crippen LogP contribution in [0.1, 0.15) is 58.7 Å². The Labute approximate surface area is 208 Å². The average molecular weight is 510 g/mol. The summed E-state index contributed by atoms with van der Waals surface area (Å²) in [5.41, 5.74) is 0.459. The highest BCUT2D eigenvalue weighted by molar-refractivity contribution is 7.84. The number of hydrogen-bond donors (Lipinski definition) is 1. The number of ether oxygens (including phenoxy) is 3. The summed E-state index contributed by atoms with van der Waals surface area (Å²) in [6.07, 6.45) is -2.53. The zero-order valence-corrected chi connectivity index (χ0v) is 21.9. The average Bonchev–Trinajstić information content (AvgIpc) is 2.74. The number of carbonyl (C=O) groups is 2. The fourth-order valence-corrected chi connectivity index (χ4v) is 3.68. The minimum absolute atomic E-state index is 0.0243. The van der Waals surface area contributed by atoms with E-state index in [1.54, 1.807) is 77.9 Å². The molecule has 2 aromatic carbocycles. The molecule has 0 aliphatic rings. The second kappa shape index (κ2) is 11.8. The molecule has 0 radical (unpaired) electrons. The fourth-order valence-electron chi connectivity index (χ4n) is 2.71. The van der Waals surface area contributed by atoms with E-state index < -0.39 is 45.6 Å². The van der Waals surface area contributed by atoms with Crippen LogP contribution in [-0.4, -0.2) is 32.8 Å². The van der Waals surface area contributed by atoms with Crippen LogP contribution in [0.3, 0.4) is 0 Å². The van der Waals surface area contributed by atoms with Gasteiger partial charge < -0.3 is 14.2 Å². The van der Waals surface area contributed by atoms with E-state index >= 15 is 0 Å². The Kier molecular flexibility index (Phi) is 9.67. The van der Waals surface area contributed by atoms with Gasteiger partial charge in [-0.1, -0.05) is 54.1 Å². The van der Waals surface area contributed by atoms with Crippen LogP contribution in [0.2, 0.25) is 5.02 Å². The highest BCUT2D eigenvalue weighted by Gasteiger charge is 2.38. The lowest BCUT2D eigenvalue weighted by atomic mass is 10.0. The normalized spacial score (nSPS) is 14.6. The lowest BCUT2D eigenvalue weighted by Gasteiger charge is -2.30. The van der Waals surface area contributed by atoms with E-state index in [0.29, 0.717) is 10.6 Å². The Bertz CT molecular complexity index is 983. The number of rotatable bonds is 8. The molecule has 1 N–H and O–H groups in total. The molecule has 7 nitrogen and oxygen atoms in total. The molecule has 9 heteroatoms. The third kappa shape index (κ3) is 9.08. The molecule has 0 saturated heterocycles. The number of carbonyl (C=O) groups excluding carboxylic acids is 2. The Balaban J connectivity index is 2.40. The van der Waals surface area contributed by atoms with Crippen molar-refractivity contribution in [2.24, 2.45) is 0 Å². The summed E-state index contributed by atoms with van der Waals surface area (Å²) in [7, 11) is -1.61. The smallest absolute Gasteiger partial charge is 0.458 e. The number of benzene rings is 2. The van der Waals surface area contributed by atoms with Gasteiger partial charge in [-0.25, -0.2) is 18.5 Å². The Hall–Kier alpha value is -2.42. The van der Waals surface area contributed by atoms with E-state index in [4.69, 9.17) is 25.8 Å². The van der Waals surface area contributed by atoms with Crippen molar-refractivity contribution in [1.82, 2.24) is 4.72 Å². The summed E-state index contributed by atoms with van der Waals surface area (Å²) >= 11 is 6.03. The minimum atomic E-state index is -1.61. The van der Waals surface area contributed by atoms with E-state index in [1.165, 1.54) is 0 Å². The van der Waals surface area contributed by atoms with Gasteiger partial charge in [-0.2, -0.15) is 0 Å². The van der Waals surface area contributed by atoms with Gasteiger partial charge in [0, 0.05) is 5.02 Å². The van der Waals surface area contributed by atoms with E-state index in [0.717, 1.165) is 5.56 Å². The topological polar surface area (TPSA) is 90.9 Å². The van der Waals surface area contributed by atoms with Gasteiger partial charge in [0.25, 0.3) is 0 Å². The molecule has 0 aliphatic carbocycles. The maximum Gasteiger partial charge on any atom is 0.509 e. The van der Waals surface area contributed by atoms with Crippen LogP contribution in [0.15, 0.2) is 54.6 Å². The molecule has 186 valence electrons. The lowest BCUT2D eigenvalue weighted by molar-refractivity contribution is -0.159. The van der Waals surface area contributed by atoms with Gasteiger partial charge >= 0.3 is 12.1 Å². The van der Waals surface area contributed by atoms with E-state index in [-0.39, 0.29) is 6.61 Å². The first-order valence-corrected chi connectivity index (χ1v) is 12.3. The first-order chi connectivity index (χ1) is 15.8. The molecule has 2 aromatic rings. The molecular formula is C25H32ClNO6S. The number of esters is 1. The van der Waals surface area contributed by atoms with Crippen LogP contribution in [0.25, 0.3) is 0 Å². The molecule has 0 spiro atoms. The van der Waals surface area contributed by atoms with Gasteiger partial charge in [0.2, 0.25) is 6.10 Å². The zero-order valence-electron chi connectivity index (χ0n) is 20.3. The van der Waals surface area contributed by atoms with Gasteiger partial charge in [0.1, 0.15) is 12.2 Å². The first-order valence-electron chi connectivity index (χ1n) is 10.8. The summed E-state index contributed by atoms with van der Waals surface area (Å²) in [5, 5.41) is 0.482. The van der Waals surface area contributed by atoms with Crippen LogP contribution in [0.4, 0.5) is 4.79 Å². The van der Waals surface area contributed by atoms with Crippen molar-refractivity contribution in [3.63, 3.8) is 0 Å². The maximum atomic E-state index is 13.2. The van der Waals surface area contributed by atoms with Gasteiger partial charge in [0.15, 0.2) is 0 Å². The van der Waals surface area contributed by atoms with Crippen molar-refractivity contribution in [3.8, 4) is 0 Å². The molecule has 2 rings (SSSR count). The summed E-state index contributed by atoms with van der Waals surface area (Å²) in [5.74, 6) is -0.812. The number of nitrogens with one attached hydrogen (secondary N) is 1. The first kappa shape index (κ1) is 27.8. The third-order valence-corrected chi connectivity index (χ3v) is 6.22. The molecule has 0 aromatic heterocycles. The van der Waals surface area contributed by atoms with Gasteiger partial charge in [0.05, 0.1) is 21.8 Å². The summed E-state index contributed by atoms with van der Waals surface area (Å²) in [4.78, 5) is 25.8. The molecule has 0 amide bonds. The van der Waals surface area contributed by atoms with Crippen molar-refractivity contribution in [3.05, 3.63) is 70.7 Å². The van der Waals surface area contributed by atoms with Crippen molar-refractivity contribution in [2.75, 3.05) is 0 Å². The van der Waals surface area contributed by atoms with Crippen molar-refractivity contribution < 1.29 is 28.0 Å². The monoisotopic (exact) mass is 509 g/mol. The largest absolute Gasteiger partial charge is 0.509 e. The highest BCUT2D eigenvalue weighted by atomic mass is 35.5.